The minimum Gasteiger partial charge on any atom is -0.507 e. The van der Waals surface area contributed by atoms with Gasteiger partial charge >= 0.3 is 6.18 Å². The first kappa shape index (κ1) is 21.2. The molecule has 0 aliphatic carbocycles. The summed E-state index contributed by atoms with van der Waals surface area (Å²) in [5, 5.41) is 10.4. The highest BCUT2D eigenvalue weighted by Crippen LogP contribution is 2.37. The molecule has 152 valence electrons. The Hall–Kier alpha value is -2.56. The van der Waals surface area contributed by atoms with E-state index in [1.165, 1.54) is 43.6 Å². The van der Waals surface area contributed by atoms with Gasteiger partial charge in [-0.25, -0.2) is 18.1 Å². The molecule has 1 aromatic heterocycles. The van der Waals surface area contributed by atoms with Crippen LogP contribution in [0.5, 0.6) is 5.75 Å². The lowest BCUT2D eigenvalue weighted by atomic mass is 10.1. The number of pyridine rings is 1. The third-order valence-corrected chi connectivity index (χ3v) is 6.47. The van der Waals surface area contributed by atoms with Gasteiger partial charge in [-0.3, -0.25) is 0 Å². The summed E-state index contributed by atoms with van der Waals surface area (Å²) in [6.45, 7) is 0. The number of benzene rings is 2. The zero-order valence-corrected chi connectivity index (χ0v) is 16.6. The Morgan fingerprint density at radius 2 is 1.76 bits per heavy atom. The Morgan fingerprint density at radius 3 is 2.38 bits per heavy atom. The quantitative estimate of drug-likeness (QED) is 0.609. The van der Waals surface area contributed by atoms with Gasteiger partial charge in [0.2, 0.25) is 10.0 Å². The van der Waals surface area contributed by atoms with Crippen molar-refractivity contribution in [2.75, 3.05) is 7.05 Å². The van der Waals surface area contributed by atoms with Crippen molar-refractivity contribution in [3.63, 3.8) is 0 Å². The van der Waals surface area contributed by atoms with Gasteiger partial charge in [0.25, 0.3) is 0 Å². The van der Waals surface area contributed by atoms with Crippen LogP contribution in [-0.4, -0.2) is 25.6 Å². The van der Waals surface area contributed by atoms with Crippen molar-refractivity contribution < 1.29 is 26.7 Å². The summed E-state index contributed by atoms with van der Waals surface area (Å²) in [6.07, 6.45) is -2.89. The molecular weight excluding hydrogens is 425 g/mol. The van der Waals surface area contributed by atoms with E-state index in [-0.39, 0.29) is 4.90 Å². The maximum absolute atomic E-state index is 12.7. The number of hydrogen-bond donors (Lipinski definition) is 2. The van der Waals surface area contributed by atoms with Crippen molar-refractivity contribution >= 4 is 21.8 Å². The molecule has 0 saturated heterocycles. The lowest BCUT2D eigenvalue weighted by Gasteiger charge is -2.12. The van der Waals surface area contributed by atoms with Crippen LogP contribution in [-0.2, 0) is 16.2 Å². The van der Waals surface area contributed by atoms with Crippen molar-refractivity contribution in [2.45, 2.75) is 21.0 Å². The summed E-state index contributed by atoms with van der Waals surface area (Å²) >= 11 is 1.15. The van der Waals surface area contributed by atoms with E-state index in [2.05, 4.69) is 9.71 Å². The molecule has 3 rings (SSSR count). The van der Waals surface area contributed by atoms with E-state index in [9.17, 15) is 26.7 Å². The lowest BCUT2D eigenvalue weighted by Crippen LogP contribution is -2.18. The maximum atomic E-state index is 12.7. The molecule has 0 fully saturated rings. The van der Waals surface area contributed by atoms with Crippen LogP contribution in [0.2, 0.25) is 0 Å². The molecule has 10 heteroatoms. The molecule has 5 nitrogen and oxygen atoms in total. The average molecular weight is 440 g/mol. The summed E-state index contributed by atoms with van der Waals surface area (Å²) < 4.78 is 64.6. The van der Waals surface area contributed by atoms with E-state index >= 15 is 0 Å². The number of nitrogens with one attached hydrogen (secondary N) is 1. The highest BCUT2D eigenvalue weighted by Gasteiger charge is 2.30. The number of aromatic hydroxyl groups is 1. The molecule has 0 saturated carbocycles. The predicted molar refractivity (Wildman–Crippen MR) is 103 cm³/mol. The van der Waals surface area contributed by atoms with Crippen LogP contribution in [0.1, 0.15) is 5.56 Å². The molecule has 0 amide bonds. The van der Waals surface area contributed by atoms with Crippen molar-refractivity contribution in [2.24, 2.45) is 0 Å². The number of sulfonamides is 1. The average Bonchev–Trinajstić information content (AvgIpc) is 2.68. The van der Waals surface area contributed by atoms with Gasteiger partial charge in [-0.15, -0.1) is 0 Å². The number of hydrogen-bond acceptors (Lipinski definition) is 5. The summed E-state index contributed by atoms with van der Waals surface area (Å²) in [7, 11) is -2.65. The molecule has 0 aliphatic heterocycles. The molecule has 0 radical (unpaired) electrons. The number of halogens is 3. The molecule has 2 N–H and O–H groups in total. The molecule has 0 bridgehead atoms. The first-order valence-corrected chi connectivity index (χ1v) is 10.5. The normalized spacial score (nSPS) is 12.1. The molecule has 0 unspecified atom stereocenters. The van der Waals surface area contributed by atoms with Gasteiger partial charge in [0.05, 0.1) is 5.56 Å². The standard InChI is InChI=1S/C19H15F3N2O3S2/c1-23-29(26,27)17-11-12(4-9-16(17)25)15-3-2-10-24-18(15)28-14-7-5-13(6-8-14)19(20,21)22/h2-11,23,25H,1H3. The molecule has 0 atom stereocenters. The van der Waals surface area contributed by atoms with Crippen LogP contribution in [0, 0.1) is 0 Å². The van der Waals surface area contributed by atoms with Crippen molar-refractivity contribution in [1.82, 2.24) is 9.71 Å². The minimum absolute atomic E-state index is 0.285. The van der Waals surface area contributed by atoms with Crippen LogP contribution in [0.15, 0.2) is 75.6 Å². The van der Waals surface area contributed by atoms with E-state index < -0.39 is 27.5 Å². The summed E-state index contributed by atoms with van der Waals surface area (Å²) in [5.41, 5.74) is 0.313. The van der Waals surface area contributed by atoms with Crippen LogP contribution < -0.4 is 4.72 Å². The van der Waals surface area contributed by atoms with Gasteiger partial charge in [-0.05, 0) is 55.1 Å². The van der Waals surface area contributed by atoms with Crippen molar-refractivity contribution in [1.29, 1.82) is 0 Å². The second-order valence-corrected chi connectivity index (χ2v) is 8.79. The molecule has 3 aromatic rings. The van der Waals surface area contributed by atoms with E-state index in [0.717, 1.165) is 23.9 Å². The number of nitrogens with zero attached hydrogens (tertiary/aromatic N) is 1. The largest absolute Gasteiger partial charge is 0.507 e. The SMILES string of the molecule is CNS(=O)(=O)c1cc(-c2cccnc2Sc2ccc(C(F)(F)F)cc2)ccc1O. The van der Waals surface area contributed by atoms with Gasteiger partial charge in [-0.1, -0.05) is 23.9 Å². The third kappa shape index (κ3) is 4.72. The summed E-state index contributed by atoms with van der Waals surface area (Å²) in [6, 6.07) is 12.2. The zero-order chi connectivity index (χ0) is 21.2. The summed E-state index contributed by atoms with van der Waals surface area (Å²) in [4.78, 5) is 4.53. The monoisotopic (exact) mass is 440 g/mol. The Morgan fingerprint density at radius 1 is 1.07 bits per heavy atom. The van der Waals surface area contributed by atoms with Gasteiger partial charge in [0.15, 0.2) is 0 Å². The number of rotatable bonds is 5. The number of aromatic nitrogens is 1. The number of alkyl halides is 3. The molecule has 29 heavy (non-hydrogen) atoms. The Balaban J connectivity index is 1.99. The Labute approximate surface area is 169 Å². The summed E-state index contributed by atoms with van der Waals surface area (Å²) in [5.74, 6) is -0.399. The van der Waals surface area contributed by atoms with Crippen molar-refractivity contribution in [3.05, 3.63) is 66.4 Å². The molecule has 0 spiro atoms. The lowest BCUT2D eigenvalue weighted by molar-refractivity contribution is -0.137. The number of phenols is 1. The van der Waals surface area contributed by atoms with Gasteiger partial charge in [0, 0.05) is 16.7 Å². The third-order valence-electron chi connectivity index (χ3n) is 4.00. The van der Waals surface area contributed by atoms with E-state index in [1.54, 1.807) is 12.1 Å². The van der Waals surface area contributed by atoms with E-state index in [0.29, 0.717) is 21.0 Å². The van der Waals surface area contributed by atoms with Crippen LogP contribution in [0.25, 0.3) is 11.1 Å². The Bertz CT molecular complexity index is 1130. The predicted octanol–water partition coefficient (Wildman–Crippen LogP) is 4.53. The second kappa shape index (κ2) is 8.05. The van der Waals surface area contributed by atoms with Gasteiger partial charge in [0.1, 0.15) is 15.7 Å². The smallest absolute Gasteiger partial charge is 0.416 e. The minimum atomic E-state index is -4.42. The number of phenolic OH excluding ortho intramolecular Hbond substituents is 1. The van der Waals surface area contributed by atoms with Crippen molar-refractivity contribution in [3.8, 4) is 16.9 Å². The maximum Gasteiger partial charge on any atom is 0.416 e. The fourth-order valence-corrected chi connectivity index (χ4v) is 4.27. The van der Waals surface area contributed by atoms with E-state index in [4.69, 9.17) is 0 Å². The Kier molecular flexibility index (Phi) is 5.87. The highest BCUT2D eigenvalue weighted by molar-refractivity contribution is 7.99. The fraction of sp³-hybridized carbons (Fsp3) is 0.105. The molecule has 0 aliphatic rings. The first-order chi connectivity index (χ1) is 13.6. The molecular formula is C19H15F3N2O3S2. The van der Waals surface area contributed by atoms with Crippen LogP contribution in [0.4, 0.5) is 13.2 Å². The second-order valence-electron chi connectivity index (χ2n) is 5.87. The van der Waals surface area contributed by atoms with Gasteiger partial charge in [-0.2, -0.15) is 13.2 Å². The molecule has 2 aromatic carbocycles. The highest BCUT2D eigenvalue weighted by atomic mass is 32.2. The van der Waals surface area contributed by atoms with Crippen LogP contribution in [0.3, 0.4) is 0 Å². The zero-order valence-electron chi connectivity index (χ0n) is 14.9. The fourth-order valence-electron chi connectivity index (χ4n) is 2.52. The topological polar surface area (TPSA) is 79.3 Å². The van der Waals surface area contributed by atoms with Crippen LogP contribution >= 0.6 is 11.8 Å². The van der Waals surface area contributed by atoms with E-state index in [1.807, 2.05) is 0 Å². The molecule has 1 heterocycles. The first-order valence-electron chi connectivity index (χ1n) is 8.19. The van der Waals surface area contributed by atoms with Gasteiger partial charge < -0.3 is 5.11 Å².